The number of benzene rings is 2. The Hall–Kier alpha value is -1.94. The summed E-state index contributed by atoms with van der Waals surface area (Å²) in [6.45, 7) is 0. The molecule has 0 amide bonds. The number of nitrogen functional groups attached to an aromatic ring is 1. The van der Waals surface area contributed by atoms with Gasteiger partial charge in [0, 0.05) is 6.07 Å². The van der Waals surface area contributed by atoms with Gasteiger partial charge < -0.3 is 15.2 Å². The average molecular weight is 268 g/mol. The minimum absolute atomic E-state index is 0.0328. The van der Waals surface area contributed by atoms with Crippen LogP contribution in [-0.4, -0.2) is 7.11 Å². The standard InChI is InChI=1S/C13H11ClFNO2/c1-17-8-2-4-9(5-3-8)18-13-7-11(15)10(14)6-12(13)16/h2-7H,16H2,1H3. The van der Waals surface area contributed by atoms with Gasteiger partial charge in [-0.05, 0) is 30.3 Å². The van der Waals surface area contributed by atoms with Crippen LogP contribution in [0, 0.1) is 5.82 Å². The van der Waals surface area contributed by atoms with Crippen molar-refractivity contribution in [2.75, 3.05) is 12.8 Å². The summed E-state index contributed by atoms with van der Waals surface area (Å²) in [5, 5.41) is -0.0328. The molecule has 94 valence electrons. The molecule has 0 fully saturated rings. The van der Waals surface area contributed by atoms with E-state index in [0.29, 0.717) is 11.5 Å². The summed E-state index contributed by atoms with van der Waals surface area (Å²) in [7, 11) is 1.57. The van der Waals surface area contributed by atoms with Crippen LogP contribution in [0.2, 0.25) is 5.02 Å². The molecule has 0 bridgehead atoms. The molecule has 2 rings (SSSR count). The summed E-state index contributed by atoms with van der Waals surface area (Å²) in [6.07, 6.45) is 0. The van der Waals surface area contributed by atoms with E-state index >= 15 is 0 Å². The molecule has 0 saturated carbocycles. The quantitative estimate of drug-likeness (QED) is 0.859. The lowest BCUT2D eigenvalue weighted by Gasteiger charge is -2.09. The van der Waals surface area contributed by atoms with Crippen LogP contribution in [0.15, 0.2) is 36.4 Å². The molecule has 0 aliphatic carbocycles. The molecule has 0 saturated heterocycles. The molecule has 18 heavy (non-hydrogen) atoms. The minimum atomic E-state index is -0.575. The van der Waals surface area contributed by atoms with Gasteiger partial charge >= 0.3 is 0 Å². The highest BCUT2D eigenvalue weighted by atomic mass is 35.5. The summed E-state index contributed by atoms with van der Waals surface area (Å²) in [4.78, 5) is 0. The van der Waals surface area contributed by atoms with Crippen LogP contribution in [0.1, 0.15) is 0 Å². The summed E-state index contributed by atoms with van der Waals surface area (Å²) >= 11 is 5.60. The van der Waals surface area contributed by atoms with Crippen LogP contribution in [-0.2, 0) is 0 Å². The van der Waals surface area contributed by atoms with E-state index in [9.17, 15) is 4.39 Å². The zero-order chi connectivity index (χ0) is 13.1. The van der Waals surface area contributed by atoms with Crippen LogP contribution in [0.25, 0.3) is 0 Å². The van der Waals surface area contributed by atoms with Crippen LogP contribution in [0.3, 0.4) is 0 Å². The molecule has 0 aliphatic rings. The molecule has 0 spiro atoms. The van der Waals surface area contributed by atoms with Crippen molar-refractivity contribution in [3.05, 3.63) is 47.2 Å². The summed E-state index contributed by atoms with van der Waals surface area (Å²) in [5.74, 6) is 0.887. The first-order chi connectivity index (χ1) is 8.60. The molecule has 0 radical (unpaired) electrons. The van der Waals surface area contributed by atoms with E-state index in [1.807, 2.05) is 0 Å². The van der Waals surface area contributed by atoms with Crippen molar-refractivity contribution in [2.24, 2.45) is 0 Å². The smallest absolute Gasteiger partial charge is 0.153 e. The number of hydrogen-bond donors (Lipinski definition) is 1. The number of anilines is 1. The Morgan fingerprint density at radius 2 is 1.72 bits per heavy atom. The van der Waals surface area contributed by atoms with Gasteiger partial charge in [-0.25, -0.2) is 4.39 Å². The maximum Gasteiger partial charge on any atom is 0.153 e. The van der Waals surface area contributed by atoms with E-state index < -0.39 is 5.82 Å². The topological polar surface area (TPSA) is 44.5 Å². The van der Waals surface area contributed by atoms with Gasteiger partial charge in [0.05, 0.1) is 17.8 Å². The van der Waals surface area contributed by atoms with Gasteiger partial charge in [-0.1, -0.05) is 11.6 Å². The van der Waals surface area contributed by atoms with Crippen molar-refractivity contribution >= 4 is 17.3 Å². The summed E-state index contributed by atoms with van der Waals surface area (Å²) < 4.78 is 23.8. The fourth-order valence-corrected chi connectivity index (χ4v) is 1.58. The van der Waals surface area contributed by atoms with E-state index in [1.54, 1.807) is 31.4 Å². The number of ether oxygens (including phenoxy) is 2. The third-order valence-corrected chi connectivity index (χ3v) is 2.63. The van der Waals surface area contributed by atoms with Crippen LogP contribution in [0.4, 0.5) is 10.1 Å². The molecule has 2 aromatic carbocycles. The highest BCUT2D eigenvalue weighted by molar-refractivity contribution is 6.31. The Morgan fingerprint density at radius 3 is 2.33 bits per heavy atom. The predicted octanol–water partition coefficient (Wildman–Crippen LogP) is 3.86. The number of halogens is 2. The lowest BCUT2D eigenvalue weighted by atomic mass is 10.3. The predicted molar refractivity (Wildman–Crippen MR) is 68.9 cm³/mol. The molecule has 0 heterocycles. The fraction of sp³-hybridized carbons (Fsp3) is 0.0769. The Kier molecular flexibility index (Phi) is 3.58. The van der Waals surface area contributed by atoms with Gasteiger partial charge in [0.15, 0.2) is 5.75 Å². The number of rotatable bonds is 3. The second-order valence-electron chi connectivity index (χ2n) is 3.58. The molecule has 0 unspecified atom stereocenters. The highest BCUT2D eigenvalue weighted by Gasteiger charge is 2.08. The second-order valence-corrected chi connectivity index (χ2v) is 3.99. The summed E-state index contributed by atoms with van der Waals surface area (Å²) in [5.41, 5.74) is 5.97. The van der Waals surface area contributed by atoms with Crippen LogP contribution >= 0.6 is 11.6 Å². The Labute approximate surface area is 109 Å². The third kappa shape index (κ3) is 2.65. The number of hydrogen-bond acceptors (Lipinski definition) is 3. The molecule has 2 aromatic rings. The monoisotopic (exact) mass is 267 g/mol. The van der Waals surface area contributed by atoms with E-state index in [0.717, 1.165) is 6.07 Å². The minimum Gasteiger partial charge on any atom is -0.497 e. The van der Waals surface area contributed by atoms with Gasteiger partial charge in [0.2, 0.25) is 0 Å². The van der Waals surface area contributed by atoms with E-state index in [-0.39, 0.29) is 16.5 Å². The van der Waals surface area contributed by atoms with Crippen molar-refractivity contribution in [3.63, 3.8) is 0 Å². The van der Waals surface area contributed by atoms with Gasteiger partial charge in [0.25, 0.3) is 0 Å². The molecular formula is C13H11ClFNO2. The number of methoxy groups -OCH3 is 1. The maximum absolute atomic E-state index is 13.3. The zero-order valence-electron chi connectivity index (χ0n) is 9.61. The Morgan fingerprint density at radius 1 is 1.11 bits per heavy atom. The average Bonchev–Trinajstić information content (AvgIpc) is 2.37. The molecule has 3 nitrogen and oxygen atoms in total. The van der Waals surface area contributed by atoms with E-state index in [1.165, 1.54) is 6.07 Å². The normalized spacial score (nSPS) is 10.2. The maximum atomic E-state index is 13.3. The van der Waals surface area contributed by atoms with Crippen molar-refractivity contribution in [3.8, 4) is 17.2 Å². The van der Waals surface area contributed by atoms with Crippen LogP contribution in [0.5, 0.6) is 17.2 Å². The number of nitrogens with two attached hydrogens (primary N) is 1. The Balaban J connectivity index is 2.25. The van der Waals surface area contributed by atoms with Crippen molar-refractivity contribution in [2.45, 2.75) is 0 Å². The van der Waals surface area contributed by atoms with Crippen molar-refractivity contribution in [1.82, 2.24) is 0 Å². The SMILES string of the molecule is COc1ccc(Oc2cc(F)c(Cl)cc2N)cc1. The van der Waals surface area contributed by atoms with Crippen molar-refractivity contribution < 1.29 is 13.9 Å². The molecule has 5 heteroatoms. The van der Waals surface area contributed by atoms with Gasteiger partial charge in [-0.15, -0.1) is 0 Å². The first-order valence-electron chi connectivity index (χ1n) is 5.16. The van der Waals surface area contributed by atoms with E-state index in [4.69, 9.17) is 26.8 Å². The third-order valence-electron chi connectivity index (χ3n) is 2.34. The molecule has 0 atom stereocenters. The first kappa shape index (κ1) is 12.5. The summed E-state index contributed by atoms with van der Waals surface area (Å²) in [6, 6.07) is 9.34. The first-order valence-corrected chi connectivity index (χ1v) is 5.54. The molecule has 0 aromatic heterocycles. The van der Waals surface area contributed by atoms with E-state index in [2.05, 4.69) is 0 Å². The zero-order valence-corrected chi connectivity index (χ0v) is 10.4. The van der Waals surface area contributed by atoms with Gasteiger partial charge in [-0.2, -0.15) is 0 Å². The molecule has 0 aliphatic heterocycles. The molecular weight excluding hydrogens is 257 g/mol. The highest BCUT2D eigenvalue weighted by Crippen LogP contribution is 2.32. The van der Waals surface area contributed by atoms with Gasteiger partial charge in [-0.3, -0.25) is 0 Å². The molecule has 2 N–H and O–H groups in total. The lowest BCUT2D eigenvalue weighted by molar-refractivity contribution is 0.413. The van der Waals surface area contributed by atoms with Gasteiger partial charge in [0.1, 0.15) is 17.3 Å². The largest absolute Gasteiger partial charge is 0.497 e. The van der Waals surface area contributed by atoms with Crippen LogP contribution < -0.4 is 15.2 Å². The lowest BCUT2D eigenvalue weighted by Crippen LogP contribution is -1.94. The Bertz CT molecular complexity index is 558. The van der Waals surface area contributed by atoms with Crippen molar-refractivity contribution in [1.29, 1.82) is 0 Å². The second kappa shape index (κ2) is 5.14. The fourth-order valence-electron chi connectivity index (χ4n) is 1.40.